The predicted molar refractivity (Wildman–Crippen MR) is 116 cm³/mol. The number of halogens is 2. The second-order valence-electron chi connectivity index (χ2n) is 5.70. The molecule has 0 heterocycles. The van der Waals surface area contributed by atoms with Crippen LogP contribution in [0.1, 0.15) is 0 Å². The molecule has 3 rings (SSSR count). The lowest BCUT2D eigenvalue weighted by atomic mass is 10.3. The Morgan fingerprint density at radius 3 is 1.07 bits per heavy atom. The van der Waals surface area contributed by atoms with E-state index in [2.05, 4.69) is 41.3 Å². The highest BCUT2D eigenvalue weighted by molar-refractivity contribution is 9.10. The van der Waals surface area contributed by atoms with Crippen molar-refractivity contribution < 1.29 is 16.8 Å². The monoisotopic (exact) mass is 544 g/mol. The molecule has 0 aromatic heterocycles. The largest absolute Gasteiger partial charge is 0.280 e. The molecule has 0 amide bonds. The molecule has 0 unspecified atom stereocenters. The first-order valence-electron chi connectivity index (χ1n) is 7.83. The fourth-order valence-corrected chi connectivity index (χ4v) is 4.91. The quantitative estimate of drug-likeness (QED) is 0.464. The molecule has 6 nitrogen and oxygen atoms in total. The third-order valence-corrected chi connectivity index (χ3v) is 7.49. The molecule has 0 aliphatic rings. The summed E-state index contributed by atoms with van der Waals surface area (Å²) in [4.78, 5) is 0.242. The molecule has 28 heavy (non-hydrogen) atoms. The maximum Gasteiger partial charge on any atom is 0.261 e. The molecule has 0 atom stereocenters. The van der Waals surface area contributed by atoms with Gasteiger partial charge in [0.2, 0.25) is 0 Å². The Hall–Kier alpha value is -1.88. The second kappa shape index (κ2) is 8.24. The highest BCUT2D eigenvalue weighted by Gasteiger charge is 2.16. The lowest BCUT2D eigenvalue weighted by Gasteiger charge is -2.11. The third kappa shape index (κ3) is 5.13. The number of sulfonamides is 2. The molecule has 0 aliphatic carbocycles. The Morgan fingerprint density at radius 2 is 0.786 bits per heavy atom. The first kappa shape index (κ1) is 20.8. The molecule has 0 saturated carbocycles. The van der Waals surface area contributed by atoms with Crippen LogP contribution in [0.5, 0.6) is 0 Å². The normalized spacial score (nSPS) is 11.8. The van der Waals surface area contributed by atoms with Gasteiger partial charge in [-0.05, 0) is 72.8 Å². The number of hydrogen-bond donors (Lipinski definition) is 2. The summed E-state index contributed by atoms with van der Waals surface area (Å²) in [5.41, 5.74) is 0.629. The number of rotatable bonds is 6. The van der Waals surface area contributed by atoms with E-state index in [0.29, 0.717) is 11.4 Å². The van der Waals surface area contributed by atoms with E-state index in [9.17, 15) is 16.8 Å². The molecule has 10 heteroatoms. The molecule has 0 fully saturated rings. The molecule has 0 spiro atoms. The lowest BCUT2D eigenvalue weighted by molar-refractivity contribution is 0.599. The Bertz CT molecular complexity index is 1080. The van der Waals surface area contributed by atoms with E-state index in [1.807, 2.05) is 0 Å². The van der Waals surface area contributed by atoms with Crippen LogP contribution < -0.4 is 9.44 Å². The summed E-state index contributed by atoms with van der Waals surface area (Å²) in [5, 5.41) is 0. The van der Waals surface area contributed by atoms with Crippen molar-refractivity contribution in [3.05, 3.63) is 81.7 Å². The van der Waals surface area contributed by atoms with Crippen molar-refractivity contribution in [1.29, 1.82) is 0 Å². The Morgan fingerprint density at radius 1 is 0.500 bits per heavy atom. The maximum absolute atomic E-state index is 12.4. The summed E-state index contributed by atoms with van der Waals surface area (Å²) >= 11 is 6.52. The van der Waals surface area contributed by atoms with Gasteiger partial charge in [-0.1, -0.05) is 31.9 Å². The molecule has 0 saturated heterocycles. The van der Waals surface area contributed by atoms with Crippen LogP contribution >= 0.6 is 31.9 Å². The van der Waals surface area contributed by atoms with Crippen molar-refractivity contribution in [3.63, 3.8) is 0 Å². The second-order valence-corrected chi connectivity index (χ2v) is 10.9. The van der Waals surface area contributed by atoms with Gasteiger partial charge in [-0.2, -0.15) is 0 Å². The van der Waals surface area contributed by atoms with Crippen LogP contribution in [-0.4, -0.2) is 16.8 Å². The van der Waals surface area contributed by atoms with Crippen LogP contribution in [0.3, 0.4) is 0 Å². The summed E-state index contributed by atoms with van der Waals surface area (Å²) in [6, 6.07) is 18.4. The van der Waals surface area contributed by atoms with Crippen molar-refractivity contribution in [2.75, 3.05) is 9.44 Å². The van der Waals surface area contributed by atoms with Gasteiger partial charge in [-0.25, -0.2) is 16.8 Å². The first-order chi connectivity index (χ1) is 13.2. The summed E-state index contributed by atoms with van der Waals surface area (Å²) in [7, 11) is -7.48. The number of benzene rings is 3. The van der Waals surface area contributed by atoms with E-state index in [0.717, 1.165) is 8.95 Å². The van der Waals surface area contributed by atoms with Crippen LogP contribution in [0.2, 0.25) is 0 Å². The highest BCUT2D eigenvalue weighted by Crippen LogP contribution is 2.22. The van der Waals surface area contributed by atoms with Crippen molar-refractivity contribution in [3.8, 4) is 0 Å². The van der Waals surface area contributed by atoms with E-state index < -0.39 is 20.0 Å². The van der Waals surface area contributed by atoms with E-state index >= 15 is 0 Å². The van der Waals surface area contributed by atoms with Gasteiger partial charge in [0.05, 0.1) is 9.79 Å². The zero-order chi connectivity index (χ0) is 20.4. The van der Waals surface area contributed by atoms with Crippen molar-refractivity contribution in [2.45, 2.75) is 9.79 Å². The van der Waals surface area contributed by atoms with Crippen LogP contribution in [0.25, 0.3) is 0 Å². The summed E-state index contributed by atoms with van der Waals surface area (Å²) in [5.74, 6) is 0. The molecular weight excluding hydrogens is 532 g/mol. The minimum absolute atomic E-state index is 0.121. The summed E-state index contributed by atoms with van der Waals surface area (Å²) in [6.45, 7) is 0. The smallest absolute Gasteiger partial charge is 0.261 e. The molecule has 3 aromatic rings. The minimum Gasteiger partial charge on any atom is -0.280 e. The molecular formula is C18H14Br2N2O4S2. The van der Waals surface area contributed by atoms with Gasteiger partial charge >= 0.3 is 0 Å². The average Bonchev–Trinajstić information content (AvgIpc) is 2.64. The van der Waals surface area contributed by atoms with Crippen molar-refractivity contribution in [2.24, 2.45) is 0 Å². The predicted octanol–water partition coefficient (Wildman–Crippen LogP) is 4.81. The summed E-state index contributed by atoms with van der Waals surface area (Å²) in [6.07, 6.45) is 0. The third-order valence-electron chi connectivity index (χ3n) is 3.64. The Kier molecular flexibility index (Phi) is 6.13. The zero-order valence-electron chi connectivity index (χ0n) is 14.1. The van der Waals surface area contributed by atoms with Crippen molar-refractivity contribution in [1.82, 2.24) is 0 Å². The van der Waals surface area contributed by atoms with Gasteiger partial charge in [0.1, 0.15) is 0 Å². The van der Waals surface area contributed by atoms with Gasteiger partial charge in [-0.3, -0.25) is 9.44 Å². The zero-order valence-corrected chi connectivity index (χ0v) is 18.9. The SMILES string of the molecule is O=S(=O)(Nc1ccc(NS(=O)(=O)c2ccc(Br)cc2)cc1)c1ccc(Br)cc1. The lowest BCUT2D eigenvalue weighted by Crippen LogP contribution is -2.14. The van der Waals surface area contributed by atoms with Crippen LogP contribution in [0.15, 0.2) is 91.5 Å². The van der Waals surface area contributed by atoms with Gasteiger partial charge in [-0.15, -0.1) is 0 Å². The average molecular weight is 546 g/mol. The van der Waals surface area contributed by atoms with Crippen LogP contribution in [-0.2, 0) is 20.0 Å². The molecule has 0 aliphatic heterocycles. The minimum atomic E-state index is -3.74. The van der Waals surface area contributed by atoms with Crippen LogP contribution in [0, 0.1) is 0 Å². The van der Waals surface area contributed by atoms with Gasteiger partial charge < -0.3 is 0 Å². The first-order valence-corrected chi connectivity index (χ1v) is 12.4. The molecule has 146 valence electrons. The fourth-order valence-electron chi connectivity index (χ4n) is 2.26. The summed E-state index contributed by atoms with van der Waals surface area (Å²) < 4.78 is 56.0. The number of nitrogens with one attached hydrogen (secondary N) is 2. The molecule has 3 aromatic carbocycles. The number of hydrogen-bond acceptors (Lipinski definition) is 4. The number of anilines is 2. The topological polar surface area (TPSA) is 92.3 Å². The molecule has 0 radical (unpaired) electrons. The Labute approximate surface area is 180 Å². The van der Waals surface area contributed by atoms with Crippen LogP contribution in [0.4, 0.5) is 11.4 Å². The molecule has 2 N–H and O–H groups in total. The van der Waals surface area contributed by atoms with E-state index in [1.165, 1.54) is 48.5 Å². The maximum atomic E-state index is 12.4. The highest BCUT2D eigenvalue weighted by atomic mass is 79.9. The fraction of sp³-hybridized carbons (Fsp3) is 0. The van der Waals surface area contributed by atoms with E-state index in [1.54, 1.807) is 24.3 Å². The standard InChI is InChI=1S/C18H14Br2N2O4S2/c19-13-1-9-17(10-2-13)27(23,24)21-15-5-7-16(8-6-15)22-28(25,26)18-11-3-14(20)4-12-18/h1-12,21-22H. The van der Waals surface area contributed by atoms with Gasteiger partial charge in [0, 0.05) is 20.3 Å². The van der Waals surface area contributed by atoms with E-state index in [4.69, 9.17) is 0 Å². The van der Waals surface area contributed by atoms with E-state index in [-0.39, 0.29) is 9.79 Å². The van der Waals surface area contributed by atoms with Crippen molar-refractivity contribution >= 4 is 63.3 Å². The van der Waals surface area contributed by atoms with Gasteiger partial charge in [0.25, 0.3) is 20.0 Å². The molecule has 0 bridgehead atoms. The van der Waals surface area contributed by atoms with Gasteiger partial charge in [0.15, 0.2) is 0 Å². The Balaban J connectivity index is 1.74.